The molecule has 0 fully saturated rings. The number of nitrogens with one attached hydrogen (secondary N) is 1. The lowest BCUT2D eigenvalue weighted by molar-refractivity contribution is -0.119. The fourth-order valence-electron chi connectivity index (χ4n) is 1.89. The zero-order valence-electron chi connectivity index (χ0n) is 14.4. The van der Waals surface area contributed by atoms with Gasteiger partial charge in [-0.15, -0.1) is 5.10 Å². The van der Waals surface area contributed by atoms with E-state index in [4.69, 9.17) is 0 Å². The number of amidine groups is 1. The summed E-state index contributed by atoms with van der Waals surface area (Å²) in [6, 6.07) is 8.23. The van der Waals surface area contributed by atoms with Gasteiger partial charge in [-0.2, -0.15) is 16.9 Å². The van der Waals surface area contributed by atoms with Crippen LogP contribution in [0.5, 0.6) is 0 Å². The molecule has 1 aliphatic rings. The van der Waals surface area contributed by atoms with Gasteiger partial charge in [0.25, 0.3) is 0 Å². The molecule has 23 heavy (non-hydrogen) atoms. The molecule has 0 spiro atoms. The number of carbonyl (C=O) groups excluding carboxylic acids is 1. The van der Waals surface area contributed by atoms with Gasteiger partial charge in [-0.25, -0.2) is 0 Å². The highest BCUT2D eigenvalue weighted by Crippen LogP contribution is 2.16. The third-order valence-corrected chi connectivity index (χ3v) is 5.16. The average molecular weight is 352 g/mol. The van der Waals surface area contributed by atoms with Crippen molar-refractivity contribution in [3.8, 4) is 0 Å². The number of hydrogen-bond donors (Lipinski definition) is 1. The Morgan fingerprint density at radius 3 is 2.43 bits per heavy atom. The topological polar surface area (TPSA) is 53.8 Å². The van der Waals surface area contributed by atoms with Gasteiger partial charge in [0.15, 0.2) is 5.17 Å². The van der Waals surface area contributed by atoms with Crippen LogP contribution >= 0.6 is 23.5 Å². The summed E-state index contributed by atoms with van der Waals surface area (Å²) in [5.74, 6) is 0.725. The molecule has 1 heterocycles. The van der Waals surface area contributed by atoms with Gasteiger partial charge in [0.2, 0.25) is 5.91 Å². The van der Waals surface area contributed by atoms with E-state index in [2.05, 4.69) is 46.7 Å². The highest BCUT2D eigenvalue weighted by atomic mass is 32.2. The molecular formula is C17H25N3OS2. The number of aryl methyl sites for hydroxylation is 1. The lowest BCUT2D eigenvalue weighted by Gasteiger charge is -2.15. The third kappa shape index (κ3) is 6.03. The summed E-state index contributed by atoms with van der Waals surface area (Å²) in [4.78, 5) is 12.0. The van der Waals surface area contributed by atoms with Crippen molar-refractivity contribution in [2.45, 2.75) is 39.4 Å². The molecule has 1 unspecified atom stereocenters. The van der Waals surface area contributed by atoms with Gasteiger partial charge in [0, 0.05) is 5.75 Å². The van der Waals surface area contributed by atoms with Gasteiger partial charge in [-0.3, -0.25) is 4.79 Å². The average Bonchev–Trinajstić information content (AvgIpc) is 2.59. The molecule has 1 aromatic rings. The van der Waals surface area contributed by atoms with Crippen LogP contribution in [0.3, 0.4) is 0 Å². The zero-order valence-corrected chi connectivity index (χ0v) is 16.1. The number of thioether (sulfide) groups is 2. The number of carbonyl (C=O) groups is 1. The van der Waals surface area contributed by atoms with Crippen molar-refractivity contribution in [3.63, 3.8) is 0 Å². The molecule has 126 valence electrons. The predicted molar refractivity (Wildman–Crippen MR) is 105 cm³/mol. The molecule has 1 aliphatic heterocycles. The third-order valence-electron chi connectivity index (χ3n) is 3.17. The Balaban J connectivity index is 0.00000127. The van der Waals surface area contributed by atoms with Gasteiger partial charge in [0.05, 0.1) is 11.0 Å². The predicted octanol–water partition coefficient (Wildman–Crippen LogP) is 4.09. The van der Waals surface area contributed by atoms with E-state index < -0.39 is 0 Å². The number of hydrogen-bond acceptors (Lipinski definition) is 5. The minimum Gasteiger partial charge on any atom is -0.303 e. The SMILES string of the molecule is CC.CCC(SC)C(=O)NC1=NN=C(c2ccc(C)cc2)CS1. The quantitative estimate of drug-likeness (QED) is 0.889. The molecule has 1 N–H and O–H groups in total. The van der Waals surface area contributed by atoms with Crippen molar-refractivity contribution in [2.24, 2.45) is 10.2 Å². The maximum Gasteiger partial charge on any atom is 0.239 e. The van der Waals surface area contributed by atoms with Crippen LogP contribution in [0.2, 0.25) is 0 Å². The normalized spacial score (nSPS) is 14.8. The molecule has 0 saturated carbocycles. The Labute approximate surface area is 147 Å². The second-order valence-corrected chi connectivity index (χ2v) is 6.73. The fourth-order valence-corrected chi connectivity index (χ4v) is 3.27. The molecule has 1 atom stereocenters. The van der Waals surface area contributed by atoms with Gasteiger partial charge >= 0.3 is 0 Å². The lowest BCUT2D eigenvalue weighted by atomic mass is 10.1. The van der Waals surface area contributed by atoms with Crippen molar-refractivity contribution in [1.82, 2.24) is 5.32 Å². The Morgan fingerprint density at radius 2 is 1.96 bits per heavy atom. The highest BCUT2D eigenvalue weighted by Gasteiger charge is 2.19. The summed E-state index contributed by atoms with van der Waals surface area (Å²) in [5.41, 5.74) is 3.25. The van der Waals surface area contributed by atoms with E-state index in [1.54, 1.807) is 11.8 Å². The van der Waals surface area contributed by atoms with Crippen LogP contribution in [-0.2, 0) is 4.79 Å². The standard InChI is InChI=1S/C15H19N3OS2.C2H6/c1-4-13(20-3)14(19)16-15-18-17-12(9-21-15)11-7-5-10(2)6-8-11;1-2/h5-8,13H,4,9H2,1-3H3,(H,16,18,19);1-2H3. The first-order chi connectivity index (χ1) is 11.1. The second kappa shape index (κ2) is 10.5. The van der Waals surface area contributed by atoms with Crippen molar-refractivity contribution in [1.29, 1.82) is 0 Å². The van der Waals surface area contributed by atoms with E-state index in [9.17, 15) is 4.79 Å². The maximum absolute atomic E-state index is 12.0. The molecule has 0 bridgehead atoms. The van der Waals surface area contributed by atoms with E-state index in [-0.39, 0.29) is 11.2 Å². The van der Waals surface area contributed by atoms with E-state index in [1.165, 1.54) is 17.3 Å². The number of amides is 1. The smallest absolute Gasteiger partial charge is 0.239 e. The maximum atomic E-state index is 12.0. The molecule has 4 nitrogen and oxygen atoms in total. The summed E-state index contributed by atoms with van der Waals surface area (Å²) in [6.07, 6.45) is 2.75. The summed E-state index contributed by atoms with van der Waals surface area (Å²) in [7, 11) is 0. The van der Waals surface area contributed by atoms with Crippen molar-refractivity contribution < 1.29 is 4.79 Å². The van der Waals surface area contributed by atoms with Crippen LogP contribution in [0.4, 0.5) is 0 Å². The summed E-state index contributed by atoms with van der Waals surface area (Å²) in [6.45, 7) is 8.06. The number of benzene rings is 1. The fraction of sp³-hybridized carbons (Fsp3) is 0.471. The molecular weight excluding hydrogens is 326 g/mol. The largest absolute Gasteiger partial charge is 0.303 e. The number of nitrogens with zero attached hydrogens (tertiary/aromatic N) is 2. The molecule has 6 heteroatoms. The molecule has 2 rings (SSSR count). The van der Waals surface area contributed by atoms with Gasteiger partial charge in [-0.1, -0.05) is 62.4 Å². The van der Waals surface area contributed by atoms with Gasteiger partial charge < -0.3 is 5.32 Å². The molecule has 0 aromatic heterocycles. The van der Waals surface area contributed by atoms with Crippen LogP contribution in [-0.4, -0.2) is 34.0 Å². The lowest BCUT2D eigenvalue weighted by Crippen LogP contribution is -2.36. The molecule has 0 saturated heterocycles. The van der Waals surface area contributed by atoms with Gasteiger partial charge in [-0.05, 0) is 25.2 Å². The van der Waals surface area contributed by atoms with Crippen LogP contribution < -0.4 is 5.32 Å². The van der Waals surface area contributed by atoms with Crippen molar-refractivity contribution >= 4 is 40.3 Å². The summed E-state index contributed by atoms with van der Waals surface area (Å²) >= 11 is 3.07. The first-order valence-electron chi connectivity index (χ1n) is 7.82. The van der Waals surface area contributed by atoms with Crippen LogP contribution in [0, 0.1) is 6.92 Å². The van der Waals surface area contributed by atoms with E-state index in [0.29, 0.717) is 5.17 Å². The minimum atomic E-state index is -0.0317. The summed E-state index contributed by atoms with van der Waals surface area (Å²) < 4.78 is 0. The van der Waals surface area contributed by atoms with E-state index in [0.717, 1.165) is 23.4 Å². The highest BCUT2D eigenvalue weighted by molar-refractivity contribution is 8.14. The molecule has 1 aromatic carbocycles. The van der Waals surface area contributed by atoms with Gasteiger partial charge in [0.1, 0.15) is 0 Å². The van der Waals surface area contributed by atoms with Crippen LogP contribution in [0.1, 0.15) is 38.3 Å². The van der Waals surface area contributed by atoms with Crippen LogP contribution in [0.15, 0.2) is 34.5 Å². The molecule has 1 amide bonds. The Hall–Kier alpha value is -1.27. The molecule has 0 aliphatic carbocycles. The first-order valence-corrected chi connectivity index (χ1v) is 10.1. The Morgan fingerprint density at radius 1 is 1.30 bits per heavy atom. The van der Waals surface area contributed by atoms with Crippen molar-refractivity contribution in [2.75, 3.05) is 12.0 Å². The Kier molecular flexibility index (Phi) is 9.02. The summed E-state index contributed by atoms with van der Waals surface area (Å²) in [5, 5.41) is 11.8. The monoisotopic (exact) mass is 351 g/mol. The Bertz CT molecular complexity index is 564. The first kappa shape index (κ1) is 19.8. The second-order valence-electron chi connectivity index (χ2n) is 4.73. The minimum absolute atomic E-state index is 0.00485. The van der Waals surface area contributed by atoms with E-state index in [1.807, 2.05) is 27.0 Å². The zero-order chi connectivity index (χ0) is 17.2. The molecule has 0 radical (unpaired) electrons. The van der Waals surface area contributed by atoms with E-state index >= 15 is 0 Å². The van der Waals surface area contributed by atoms with Crippen molar-refractivity contribution in [3.05, 3.63) is 35.4 Å². The van der Waals surface area contributed by atoms with Crippen LogP contribution in [0.25, 0.3) is 0 Å². The number of rotatable bonds is 4.